The molecule has 0 heterocycles. The standard InChI is InChI=1S/C17H35N/c1-3-5-9-14-17(18-15-4-2)16-12-10-7-6-8-11-13-16/h16-18H,3-15H2,1-2H3. The fourth-order valence-corrected chi connectivity index (χ4v) is 3.34. The molecule has 1 saturated carbocycles. The molecule has 1 rings (SSSR count). The van der Waals surface area contributed by atoms with Gasteiger partial charge in [-0.1, -0.05) is 65.2 Å². The van der Waals surface area contributed by atoms with Gasteiger partial charge >= 0.3 is 0 Å². The molecule has 0 aromatic carbocycles. The van der Waals surface area contributed by atoms with Crippen LogP contribution in [0, 0.1) is 5.92 Å². The average Bonchev–Trinajstić information content (AvgIpc) is 2.34. The van der Waals surface area contributed by atoms with Gasteiger partial charge in [-0.25, -0.2) is 0 Å². The van der Waals surface area contributed by atoms with Crippen molar-refractivity contribution in [1.82, 2.24) is 5.32 Å². The van der Waals surface area contributed by atoms with Gasteiger partial charge in [0.2, 0.25) is 0 Å². The van der Waals surface area contributed by atoms with E-state index in [1.54, 1.807) is 0 Å². The van der Waals surface area contributed by atoms with Gasteiger partial charge in [-0.2, -0.15) is 0 Å². The Morgan fingerprint density at radius 3 is 2.17 bits per heavy atom. The lowest BCUT2D eigenvalue weighted by molar-refractivity contribution is 0.269. The monoisotopic (exact) mass is 253 g/mol. The first-order valence-electron chi connectivity index (χ1n) is 8.61. The van der Waals surface area contributed by atoms with Gasteiger partial charge in [0.15, 0.2) is 0 Å². The van der Waals surface area contributed by atoms with Crippen LogP contribution < -0.4 is 5.32 Å². The number of nitrogens with one attached hydrogen (secondary N) is 1. The third-order valence-electron chi connectivity index (χ3n) is 4.49. The Kier molecular flexibility index (Phi) is 9.65. The Morgan fingerprint density at radius 2 is 1.56 bits per heavy atom. The van der Waals surface area contributed by atoms with Gasteiger partial charge in [0, 0.05) is 6.04 Å². The van der Waals surface area contributed by atoms with Gasteiger partial charge in [-0.05, 0) is 38.1 Å². The number of unbranched alkanes of at least 4 members (excludes halogenated alkanes) is 2. The normalized spacial score (nSPS) is 20.3. The summed E-state index contributed by atoms with van der Waals surface area (Å²) in [5.74, 6) is 0.966. The lowest BCUT2D eigenvalue weighted by atomic mass is 9.83. The van der Waals surface area contributed by atoms with E-state index >= 15 is 0 Å². The number of hydrogen-bond acceptors (Lipinski definition) is 1. The molecule has 1 atom stereocenters. The summed E-state index contributed by atoms with van der Waals surface area (Å²) in [6.45, 7) is 5.81. The molecule has 0 aliphatic heterocycles. The topological polar surface area (TPSA) is 12.0 Å². The van der Waals surface area contributed by atoms with E-state index in [9.17, 15) is 0 Å². The van der Waals surface area contributed by atoms with Crippen molar-refractivity contribution in [3.63, 3.8) is 0 Å². The molecule has 1 heteroatoms. The molecule has 0 aromatic heterocycles. The van der Waals surface area contributed by atoms with Crippen LogP contribution in [0.15, 0.2) is 0 Å². The summed E-state index contributed by atoms with van der Waals surface area (Å²) in [4.78, 5) is 0. The quantitative estimate of drug-likeness (QED) is 0.579. The first-order valence-corrected chi connectivity index (χ1v) is 8.61. The second-order valence-corrected chi connectivity index (χ2v) is 6.16. The number of rotatable bonds is 8. The molecular weight excluding hydrogens is 218 g/mol. The van der Waals surface area contributed by atoms with Crippen LogP contribution >= 0.6 is 0 Å². The summed E-state index contributed by atoms with van der Waals surface area (Å²) >= 11 is 0. The Balaban J connectivity index is 2.38. The molecule has 18 heavy (non-hydrogen) atoms. The molecule has 0 spiro atoms. The Morgan fingerprint density at radius 1 is 0.889 bits per heavy atom. The van der Waals surface area contributed by atoms with Crippen molar-refractivity contribution in [2.75, 3.05) is 6.54 Å². The summed E-state index contributed by atoms with van der Waals surface area (Å²) in [7, 11) is 0. The van der Waals surface area contributed by atoms with Crippen molar-refractivity contribution in [2.24, 2.45) is 5.92 Å². The van der Waals surface area contributed by atoms with Crippen molar-refractivity contribution in [3.8, 4) is 0 Å². The second-order valence-electron chi connectivity index (χ2n) is 6.16. The SMILES string of the molecule is CCCCCC(NCCC)C1CCCCCCC1. The molecule has 1 fully saturated rings. The van der Waals surface area contributed by atoms with Crippen LogP contribution in [0.3, 0.4) is 0 Å². The first kappa shape index (κ1) is 16.0. The predicted molar refractivity (Wildman–Crippen MR) is 82.0 cm³/mol. The summed E-state index contributed by atoms with van der Waals surface area (Å²) in [5, 5.41) is 3.85. The third-order valence-corrected chi connectivity index (χ3v) is 4.49. The van der Waals surface area contributed by atoms with Crippen molar-refractivity contribution in [1.29, 1.82) is 0 Å². The van der Waals surface area contributed by atoms with Crippen molar-refractivity contribution < 1.29 is 0 Å². The molecule has 1 nitrogen and oxygen atoms in total. The van der Waals surface area contributed by atoms with Gasteiger partial charge in [-0.3, -0.25) is 0 Å². The fourth-order valence-electron chi connectivity index (χ4n) is 3.34. The minimum absolute atomic E-state index is 0.814. The smallest absolute Gasteiger partial charge is 0.00953 e. The molecule has 0 radical (unpaired) electrons. The summed E-state index contributed by atoms with van der Waals surface area (Å²) < 4.78 is 0. The van der Waals surface area contributed by atoms with Crippen LogP contribution in [0.2, 0.25) is 0 Å². The molecule has 0 aromatic rings. The second kappa shape index (κ2) is 10.8. The van der Waals surface area contributed by atoms with Crippen molar-refractivity contribution in [3.05, 3.63) is 0 Å². The lowest BCUT2D eigenvalue weighted by Gasteiger charge is -2.30. The highest BCUT2D eigenvalue weighted by Gasteiger charge is 2.20. The predicted octanol–water partition coefficient (Wildman–Crippen LogP) is 5.30. The molecule has 1 unspecified atom stereocenters. The van der Waals surface area contributed by atoms with Gasteiger partial charge < -0.3 is 5.32 Å². The highest BCUT2D eigenvalue weighted by molar-refractivity contribution is 4.78. The largest absolute Gasteiger partial charge is 0.314 e. The number of hydrogen-bond donors (Lipinski definition) is 1. The molecular formula is C17H35N. The zero-order chi connectivity index (χ0) is 13.1. The van der Waals surface area contributed by atoms with Crippen LogP contribution in [-0.4, -0.2) is 12.6 Å². The van der Waals surface area contributed by atoms with Gasteiger partial charge in [0.1, 0.15) is 0 Å². The van der Waals surface area contributed by atoms with Crippen LogP contribution in [0.25, 0.3) is 0 Å². The van der Waals surface area contributed by atoms with Gasteiger partial charge in [-0.15, -0.1) is 0 Å². The van der Waals surface area contributed by atoms with E-state index in [2.05, 4.69) is 19.2 Å². The maximum atomic E-state index is 3.85. The fraction of sp³-hybridized carbons (Fsp3) is 1.00. The molecule has 1 N–H and O–H groups in total. The highest BCUT2D eigenvalue weighted by atomic mass is 14.9. The van der Waals surface area contributed by atoms with E-state index < -0.39 is 0 Å². The van der Waals surface area contributed by atoms with E-state index in [0.717, 1.165) is 12.0 Å². The van der Waals surface area contributed by atoms with Crippen LogP contribution in [0.1, 0.15) is 90.9 Å². The van der Waals surface area contributed by atoms with E-state index in [0.29, 0.717) is 0 Å². The van der Waals surface area contributed by atoms with Crippen LogP contribution in [-0.2, 0) is 0 Å². The minimum Gasteiger partial charge on any atom is -0.314 e. The van der Waals surface area contributed by atoms with E-state index in [-0.39, 0.29) is 0 Å². The zero-order valence-electron chi connectivity index (χ0n) is 12.8. The third kappa shape index (κ3) is 6.78. The Bertz CT molecular complexity index is 170. The van der Waals surface area contributed by atoms with Crippen molar-refractivity contribution in [2.45, 2.75) is 96.9 Å². The molecule has 108 valence electrons. The summed E-state index contributed by atoms with van der Waals surface area (Å²) in [5.41, 5.74) is 0. The van der Waals surface area contributed by atoms with E-state index in [4.69, 9.17) is 0 Å². The minimum atomic E-state index is 0.814. The summed E-state index contributed by atoms with van der Waals surface area (Å²) in [6.07, 6.45) is 17.2. The van der Waals surface area contributed by atoms with E-state index in [1.807, 2.05) is 0 Å². The lowest BCUT2D eigenvalue weighted by Crippen LogP contribution is -2.37. The maximum Gasteiger partial charge on any atom is 0.00953 e. The van der Waals surface area contributed by atoms with E-state index in [1.165, 1.54) is 83.6 Å². The Labute approximate surface area is 115 Å². The van der Waals surface area contributed by atoms with Gasteiger partial charge in [0.25, 0.3) is 0 Å². The highest BCUT2D eigenvalue weighted by Crippen LogP contribution is 2.27. The maximum absolute atomic E-state index is 3.85. The molecule has 0 bridgehead atoms. The molecule has 0 amide bonds. The van der Waals surface area contributed by atoms with Crippen LogP contribution in [0.5, 0.6) is 0 Å². The zero-order valence-corrected chi connectivity index (χ0v) is 12.8. The van der Waals surface area contributed by atoms with Crippen molar-refractivity contribution >= 4 is 0 Å². The average molecular weight is 253 g/mol. The molecule has 0 saturated heterocycles. The molecule has 1 aliphatic carbocycles. The molecule has 1 aliphatic rings. The Hall–Kier alpha value is -0.0400. The first-order chi connectivity index (χ1) is 8.88. The summed E-state index contributed by atoms with van der Waals surface area (Å²) in [6, 6.07) is 0.814. The van der Waals surface area contributed by atoms with Gasteiger partial charge in [0.05, 0.1) is 0 Å². The van der Waals surface area contributed by atoms with Crippen LogP contribution in [0.4, 0.5) is 0 Å².